The number of halogens is 1. The van der Waals surface area contributed by atoms with Crippen LogP contribution in [-0.2, 0) is 0 Å². The molecule has 3 nitrogen and oxygen atoms in total. The lowest BCUT2D eigenvalue weighted by molar-refractivity contribution is 0.387. The molecule has 1 aliphatic heterocycles. The summed E-state index contributed by atoms with van der Waals surface area (Å²) < 4.78 is 14.5. The summed E-state index contributed by atoms with van der Waals surface area (Å²) in [6, 6.07) is 5.49. The molecule has 1 aromatic carbocycles. The van der Waals surface area contributed by atoms with Crippen LogP contribution in [0, 0.1) is 11.7 Å². The van der Waals surface area contributed by atoms with Gasteiger partial charge in [0.15, 0.2) is 5.82 Å². The zero-order valence-electron chi connectivity index (χ0n) is 11.9. The number of rotatable bonds is 1. The molecule has 0 bridgehead atoms. The van der Waals surface area contributed by atoms with Gasteiger partial charge >= 0.3 is 0 Å². The topological polar surface area (TPSA) is 42.1 Å². The molecular weight excluding hydrogens is 253 g/mol. The molecule has 0 amide bonds. The Kier molecular flexibility index (Phi) is 3.24. The zero-order valence-corrected chi connectivity index (χ0v) is 11.9. The van der Waals surface area contributed by atoms with Gasteiger partial charge in [-0.25, -0.2) is 4.39 Å². The Hall–Kier alpha value is -1.84. The summed E-state index contributed by atoms with van der Waals surface area (Å²) in [6.45, 7) is 5.23. The molecule has 106 valence electrons. The molecule has 0 aliphatic carbocycles. The highest BCUT2D eigenvalue weighted by atomic mass is 19.1. The molecule has 1 saturated heterocycles. The second-order valence-corrected chi connectivity index (χ2v) is 5.88. The average molecular weight is 273 g/mol. The van der Waals surface area contributed by atoms with Crippen molar-refractivity contribution in [3.63, 3.8) is 0 Å². The van der Waals surface area contributed by atoms with Gasteiger partial charge < -0.3 is 10.6 Å². The van der Waals surface area contributed by atoms with E-state index in [0.717, 1.165) is 18.4 Å². The van der Waals surface area contributed by atoms with Crippen LogP contribution in [0.25, 0.3) is 10.9 Å². The third kappa shape index (κ3) is 2.09. The fraction of sp³-hybridized carbons (Fsp3) is 0.438. The van der Waals surface area contributed by atoms with Crippen LogP contribution in [0.4, 0.5) is 15.8 Å². The Morgan fingerprint density at radius 2 is 2.15 bits per heavy atom. The van der Waals surface area contributed by atoms with Crippen molar-refractivity contribution in [3.8, 4) is 0 Å². The molecule has 2 N–H and O–H groups in total. The van der Waals surface area contributed by atoms with Crippen LogP contribution in [0.1, 0.15) is 26.7 Å². The lowest BCUT2D eigenvalue weighted by Crippen LogP contribution is -2.41. The predicted octanol–water partition coefficient (Wildman–Crippen LogP) is 3.58. The lowest BCUT2D eigenvalue weighted by atomic mass is 9.94. The minimum absolute atomic E-state index is 0.269. The van der Waals surface area contributed by atoms with Crippen molar-refractivity contribution in [3.05, 3.63) is 30.2 Å². The maximum atomic E-state index is 14.5. The third-order valence-corrected chi connectivity index (χ3v) is 4.26. The Bertz CT molecular complexity index is 641. The predicted molar refractivity (Wildman–Crippen MR) is 81.3 cm³/mol. The van der Waals surface area contributed by atoms with Gasteiger partial charge in [0, 0.05) is 29.9 Å². The van der Waals surface area contributed by atoms with E-state index in [1.54, 1.807) is 6.20 Å². The van der Waals surface area contributed by atoms with Crippen LogP contribution in [-0.4, -0.2) is 17.6 Å². The van der Waals surface area contributed by atoms with E-state index in [9.17, 15) is 4.39 Å². The summed E-state index contributed by atoms with van der Waals surface area (Å²) in [6.07, 6.45) is 3.97. The van der Waals surface area contributed by atoms with Crippen molar-refractivity contribution < 1.29 is 4.39 Å². The second kappa shape index (κ2) is 4.93. The molecule has 2 aromatic rings. The molecule has 0 saturated carbocycles. The highest BCUT2D eigenvalue weighted by Gasteiger charge is 2.27. The minimum Gasteiger partial charge on any atom is -0.398 e. The molecular formula is C16H20FN3. The minimum atomic E-state index is -0.269. The fourth-order valence-corrected chi connectivity index (χ4v) is 3.10. The highest BCUT2D eigenvalue weighted by molar-refractivity contribution is 5.99. The zero-order chi connectivity index (χ0) is 14.3. The fourth-order valence-electron chi connectivity index (χ4n) is 3.10. The molecule has 2 atom stereocenters. The van der Waals surface area contributed by atoms with Gasteiger partial charge in [-0.3, -0.25) is 4.98 Å². The number of pyridine rings is 1. The molecule has 2 unspecified atom stereocenters. The largest absolute Gasteiger partial charge is 0.398 e. The van der Waals surface area contributed by atoms with Crippen molar-refractivity contribution in [2.45, 2.75) is 32.7 Å². The number of fused-ring (bicyclic) bond motifs is 1. The van der Waals surface area contributed by atoms with Crippen LogP contribution in [0.15, 0.2) is 24.4 Å². The van der Waals surface area contributed by atoms with Crippen molar-refractivity contribution in [2.75, 3.05) is 17.2 Å². The first kappa shape index (κ1) is 13.2. The summed E-state index contributed by atoms with van der Waals surface area (Å²) in [5, 5.41) is 0.828. The number of nitrogen functional groups attached to an aromatic ring is 1. The number of benzene rings is 1. The molecule has 0 spiro atoms. The second-order valence-electron chi connectivity index (χ2n) is 5.88. The Balaban J connectivity index is 2.20. The van der Waals surface area contributed by atoms with E-state index in [1.807, 2.05) is 12.1 Å². The summed E-state index contributed by atoms with van der Waals surface area (Å²) in [4.78, 5) is 6.53. The molecule has 1 aliphatic rings. The van der Waals surface area contributed by atoms with Crippen LogP contribution >= 0.6 is 0 Å². The monoisotopic (exact) mass is 273 g/mol. The van der Waals surface area contributed by atoms with E-state index < -0.39 is 0 Å². The third-order valence-electron chi connectivity index (χ3n) is 4.26. The van der Waals surface area contributed by atoms with Gasteiger partial charge in [0.1, 0.15) is 5.69 Å². The van der Waals surface area contributed by atoms with Gasteiger partial charge in [-0.1, -0.05) is 6.92 Å². The number of hydrogen-bond donors (Lipinski definition) is 1. The Morgan fingerprint density at radius 3 is 2.95 bits per heavy atom. The number of hydrogen-bond acceptors (Lipinski definition) is 3. The van der Waals surface area contributed by atoms with E-state index >= 15 is 0 Å². The average Bonchev–Trinajstić information content (AvgIpc) is 2.43. The molecule has 4 heteroatoms. The van der Waals surface area contributed by atoms with Crippen molar-refractivity contribution in [1.29, 1.82) is 0 Å². The summed E-state index contributed by atoms with van der Waals surface area (Å²) in [5.74, 6) is 0.302. The number of anilines is 2. The number of piperidine rings is 1. The number of nitrogens with two attached hydrogens (primary N) is 1. The van der Waals surface area contributed by atoms with Crippen molar-refractivity contribution in [1.82, 2.24) is 4.98 Å². The van der Waals surface area contributed by atoms with E-state index in [4.69, 9.17) is 5.73 Å². The van der Waals surface area contributed by atoms with Crippen LogP contribution in [0.5, 0.6) is 0 Å². The molecule has 20 heavy (non-hydrogen) atoms. The lowest BCUT2D eigenvalue weighted by Gasteiger charge is -2.39. The molecule has 3 rings (SSSR count). The first-order chi connectivity index (χ1) is 9.58. The van der Waals surface area contributed by atoms with Gasteiger partial charge in [0.25, 0.3) is 0 Å². The maximum Gasteiger partial charge on any atom is 0.150 e. The number of nitrogens with zero attached hydrogens (tertiary/aromatic N) is 2. The first-order valence-corrected chi connectivity index (χ1v) is 7.17. The van der Waals surface area contributed by atoms with E-state index in [1.165, 1.54) is 12.5 Å². The van der Waals surface area contributed by atoms with Crippen LogP contribution in [0.2, 0.25) is 0 Å². The SMILES string of the molecule is CC1CCC(C)N(c2c(F)cc(N)c3cccnc23)C1. The van der Waals surface area contributed by atoms with Gasteiger partial charge in [0.05, 0.1) is 5.52 Å². The van der Waals surface area contributed by atoms with E-state index in [2.05, 4.69) is 23.7 Å². The standard InChI is InChI=1S/C16H20FN3/c1-10-5-6-11(2)20(9-10)16-13(17)8-14(18)12-4-3-7-19-15(12)16/h3-4,7-8,10-11H,5-6,9,18H2,1-2H3. The molecule has 0 radical (unpaired) electrons. The van der Waals surface area contributed by atoms with Crippen molar-refractivity contribution in [2.24, 2.45) is 5.92 Å². The van der Waals surface area contributed by atoms with Gasteiger partial charge in [-0.15, -0.1) is 0 Å². The van der Waals surface area contributed by atoms with Gasteiger partial charge in [-0.05, 0) is 43.9 Å². The highest BCUT2D eigenvalue weighted by Crippen LogP contribution is 2.36. The van der Waals surface area contributed by atoms with Crippen LogP contribution in [0.3, 0.4) is 0 Å². The Morgan fingerprint density at radius 1 is 1.35 bits per heavy atom. The summed E-state index contributed by atoms with van der Waals surface area (Å²) in [5.41, 5.74) is 7.65. The Labute approximate surface area is 118 Å². The normalized spacial score (nSPS) is 23.2. The summed E-state index contributed by atoms with van der Waals surface area (Å²) >= 11 is 0. The van der Waals surface area contributed by atoms with Gasteiger partial charge in [-0.2, -0.15) is 0 Å². The molecule has 2 heterocycles. The summed E-state index contributed by atoms with van der Waals surface area (Å²) in [7, 11) is 0. The maximum absolute atomic E-state index is 14.5. The smallest absolute Gasteiger partial charge is 0.150 e. The van der Waals surface area contributed by atoms with Crippen LogP contribution < -0.4 is 10.6 Å². The first-order valence-electron chi connectivity index (χ1n) is 7.17. The quantitative estimate of drug-likeness (QED) is 0.807. The van der Waals surface area contributed by atoms with E-state index in [0.29, 0.717) is 28.9 Å². The van der Waals surface area contributed by atoms with E-state index in [-0.39, 0.29) is 5.82 Å². The van der Waals surface area contributed by atoms with Crippen molar-refractivity contribution >= 4 is 22.3 Å². The number of aromatic nitrogens is 1. The molecule has 1 fully saturated rings. The molecule has 1 aromatic heterocycles. The van der Waals surface area contributed by atoms with Gasteiger partial charge in [0.2, 0.25) is 0 Å².